The summed E-state index contributed by atoms with van der Waals surface area (Å²) >= 11 is 0. The molecule has 1 saturated carbocycles. The Hall–Kier alpha value is -1.26. The molecule has 1 N–H and O–H groups in total. The van der Waals surface area contributed by atoms with Crippen LogP contribution in [0.5, 0.6) is 0 Å². The molecule has 5 nitrogen and oxygen atoms in total. The number of rotatable bonds is 3. The van der Waals surface area contributed by atoms with E-state index >= 15 is 0 Å². The van der Waals surface area contributed by atoms with Gasteiger partial charge in [0.25, 0.3) is 0 Å². The van der Waals surface area contributed by atoms with Crippen LogP contribution in [0.25, 0.3) is 0 Å². The Balaban J connectivity index is 2.01. The SMILES string of the molecule is CN1CC(CC(=O)O)CN(C2CCCCC2)C1=O. The molecule has 0 aromatic rings. The molecule has 1 heterocycles. The van der Waals surface area contributed by atoms with Crippen molar-refractivity contribution in [3.05, 3.63) is 0 Å². The topological polar surface area (TPSA) is 60.9 Å². The number of aliphatic carboxylic acids is 1. The van der Waals surface area contributed by atoms with Crippen molar-refractivity contribution >= 4 is 12.0 Å². The normalized spacial score (nSPS) is 26.5. The molecule has 0 spiro atoms. The maximum Gasteiger partial charge on any atom is 0.320 e. The van der Waals surface area contributed by atoms with Crippen molar-refractivity contribution in [3.63, 3.8) is 0 Å². The van der Waals surface area contributed by atoms with Gasteiger partial charge in [0, 0.05) is 32.1 Å². The van der Waals surface area contributed by atoms with Crippen LogP contribution in [0.15, 0.2) is 0 Å². The Morgan fingerprint density at radius 3 is 2.56 bits per heavy atom. The molecule has 2 amide bonds. The molecule has 1 saturated heterocycles. The molecule has 5 heteroatoms. The minimum absolute atomic E-state index is 0.0622. The number of nitrogens with zero attached hydrogens (tertiary/aromatic N) is 2. The van der Waals surface area contributed by atoms with E-state index in [9.17, 15) is 9.59 Å². The number of carboxylic acids is 1. The largest absolute Gasteiger partial charge is 0.481 e. The number of carbonyl (C=O) groups is 2. The molecule has 0 bridgehead atoms. The quantitative estimate of drug-likeness (QED) is 0.835. The summed E-state index contributed by atoms with van der Waals surface area (Å²) in [6, 6.07) is 0.397. The molecule has 2 rings (SSSR count). The van der Waals surface area contributed by atoms with Crippen molar-refractivity contribution in [3.8, 4) is 0 Å². The summed E-state index contributed by atoms with van der Waals surface area (Å²) in [5, 5.41) is 8.89. The number of carbonyl (C=O) groups excluding carboxylic acids is 1. The zero-order valence-electron chi connectivity index (χ0n) is 11.0. The minimum atomic E-state index is -0.772. The molecule has 102 valence electrons. The molecule has 2 aliphatic rings. The van der Waals surface area contributed by atoms with Crippen LogP contribution in [0.4, 0.5) is 4.79 Å². The average Bonchev–Trinajstić information content (AvgIpc) is 2.34. The van der Waals surface area contributed by atoms with Gasteiger partial charge in [0.2, 0.25) is 0 Å². The van der Waals surface area contributed by atoms with Crippen LogP contribution < -0.4 is 0 Å². The van der Waals surface area contributed by atoms with Crippen molar-refractivity contribution in [2.45, 2.75) is 44.6 Å². The lowest BCUT2D eigenvalue weighted by Gasteiger charge is -2.43. The van der Waals surface area contributed by atoms with Gasteiger partial charge in [-0.25, -0.2) is 4.79 Å². The van der Waals surface area contributed by atoms with Crippen LogP contribution >= 0.6 is 0 Å². The van der Waals surface area contributed by atoms with Gasteiger partial charge in [-0.1, -0.05) is 19.3 Å². The van der Waals surface area contributed by atoms with Gasteiger partial charge >= 0.3 is 12.0 Å². The Kier molecular flexibility index (Phi) is 4.09. The number of urea groups is 1. The van der Waals surface area contributed by atoms with E-state index in [2.05, 4.69) is 0 Å². The van der Waals surface area contributed by atoms with E-state index in [4.69, 9.17) is 5.11 Å². The summed E-state index contributed by atoms with van der Waals surface area (Å²) in [6.07, 6.45) is 5.91. The summed E-state index contributed by atoms with van der Waals surface area (Å²) in [5.41, 5.74) is 0. The van der Waals surface area contributed by atoms with E-state index < -0.39 is 5.97 Å². The number of amides is 2. The number of hydrogen-bond donors (Lipinski definition) is 1. The van der Waals surface area contributed by atoms with Crippen LogP contribution in [0.3, 0.4) is 0 Å². The number of carboxylic acid groups (broad SMARTS) is 1. The van der Waals surface area contributed by atoms with Gasteiger partial charge in [-0.05, 0) is 12.8 Å². The third-order valence-electron chi connectivity index (χ3n) is 4.04. The lowest BCUT2D eigenvalue weighted by molar-refractivity contribution is -0.138. The highest BCUT2D eigenvalue weighted by Crippen LogP contribution is 2.27. The van der Waals surface area contributed by atoms with Gasteiger partial charge < -0.3 is 14.9 Å². The molecule has 1 unspecified atom stereocenters. The maximum absolute atomic E-state index is 12.2. The van der Waals surface area contributed by atoms with Gasteiger partial charge in [0.05, 0.1) is 6.42 Å². The third-order valence-corrected chi connectivity index (χ3v) is 4.04. The predicted octanol–water partition coefficient (Wildman–Crippen LogP) is 1.78. The molecule has 1 aliphatic heterocycles. The van der Waals surface area contributed by atoms with Crippen molar-refractivity contribution in [1.29, 1.82) is 0 Å². The van der Waals surface area contributed by atoms with Crippen molar-refractivity contribution in [2.24, 2.45) is 5.92 Å². The standard InChI is InChI=1S/C13H22N2O3/c1-14-8-10(7-12(16)17)9-15(13(14)18)11-5-3-2-4-6-11/h10-11H,2-9H2,1H3,(H,16,17). The second-order valence-corrected chi connectivity index (χ2v) is 5.57. The van der Waals surface area contributed by atoms with E-state index in [0.717, 1.165) is 12.8 Å². The molecule has 0 aromatic heterocycles. The van der Waals surface area contributed by atoms with Crippen LogP contribution in [-0.2, 0) is 4.79 Å². The molecule has 1 atom stereocenters. The van der Waals surface area contributed by atoms with E-state index in [-0.39, 0.29) is 18.4 Å². The second kappa shape index (κ2) is 5.59. The first-order valence-electron chi connectivity index (χ1n) is 6.81. The summed E-state index contributed by atoms with van der Waals surface area (Å²) in [7, 11) is 1.77. The van der Waals surface area contributed by atoms with Crippen LogP contribution in [0.1, 0.15) is 38.5 Å². The summed E-state index contributed by atoms with van der Waals surface area (Å²) < 4.78 is 0. The molecule has 2 fully saturated rings. The zero-order valence-corrected chi connectivity index (χ0v) is 11.0. The Morgan fingerprint density at radius 1 is 1.28 bits per heavy atom. The summed E-state index contributed by atoms with van der Waals surface area (Å²) in [5.74, 6) is -0.710. The highest BCUT2D eigenvalue weighted by Gasteiger charge is 2.35. The molecule has 1 aliphatic carbocycles. The van der Waals surface area contributed by atoms with Gasteiger partial charge in [0.15, 0.2) is 0 Å². The van der Waals surface area contributed by atoms with Gasteiger partial charge in [0.1, 0.15) is 0 Å². The monoisotopic (exact) mass is 254 g/mol. The van der Waals surface area contributed by atoms with E-state index in [0.29, 0.717) is 19.1 Å². The predicted molar refractivity (Wildman–Crippen MR) is 67.3 cm³/mol. The summed E-state index contributed by atoms with van der Waals surface area (Å²) in [6.45, 7) is 1.18. The zero-order chi connectivity index (χ0) is 13.1. The first-order chi connectivity index (χ1) is 8.58. The minimum Gasteiger partial charge on any atom is -0.481 e. The molecule has 0 aromatic carbocycles. The fraction of sp³-hybridized carbons (Fsp3) is 0.846. The first kappa shape index (κ1) is 13.2. The average molecular weight is 254 g/mol. The van der Waals surface area contributed by atoms with Crippen molar-refractivity contribution < 1.29 is 14.7 Å². The molecule has 18 heavy (non-hydrogen) atoms. The molecular formula is C13H22N2O3. The highest BCUT2D eigenvalue weighted by atomic mass is 16.4. The van der Waals surface area contributed by atoms with Crippen molar-refractivity contribution in [1.82, 2.24) is 9.80 Å². The van der Waals surface area contributed by atoms with Crippen molar-refractivity contribution in [2.75, 3.05) is 20.1 Å². The fourth-order valence-corrected chi connectivity index (χ4v) is 3.17. The lowest BCUT2D eigenvalue weighted by Crippen LogP contribution is -2.56. The first-order valence-corrected chi connectivity index (χ1v) is 6.81. The van der Waals surface area contributed by atoms with E-state index in [1.165, 1.54) is 19.3 Å². The fourth-order valence-electron chi connectivity index (χ4n) is 3.17. The molecule has 0 radical (unpaired) electrons. The van der Waals surface area contributed by atoms with Crippen LogP contribution in [0, 0.1) is 5.92 Å². The maximum atomic E-state index is 12.2. The van der Waals surface area contributed by atoms with Gasteiger partial charge in [-0.3, -0.25) is 4.79 Å². The number of hydrogen-bond acceptors (Lipinski definition) is 2. The Bertz CT molecular complexity index is 326. The third kappa shape index (κ3) is 2.94. The second-order valence-electron chi connectivity index (χ2n) is 5.57. The molecular weight excluding hydrogens is 232 g/mol. The van der Waals surface area contributed by atoms with Gasteiger partial charge in [-0.15, -0.1) is 0 Å². The van der Waals surface area contributed by atoms with E-state index in [1.807, 2.05) is 4.90 Å². The Morgan fingerprint density at radius 2 is 1.94 bits per heavy atom. The van der Waals surface area contributed by atoms with Crippen LogP contribution in [0.2, 0.25) is 0 Å². The lowest BCUT2D eigenvalue weighted by atomic mass is 9.92. The highest BCUT2D eigenvalue weighted by molar-refractivity contribution is 5.76. The van der Waals surface area contributed by atoms with Crippen LogP contribution in [-0.4, -0.2) is 53.1 Å². The summed E-state index contributed by atoms with van der Waals surface area (Å²) in [4.78, 5) is 26.6. The van der Waals surface area contributed by atoms with Gasteiger partial charge in [-0.2, -0.15) is 0 Å². The Labute approximate surface area is 108 Å². The van der Waals surface area contributed by atoms with E-state index in [1.54, 1.807) is 11.9 Å². The smallest absolute Gasteiger partial charge is 0.320 e.